The predicted molar refractivity (Wildman–Crippen MR) is 149 cm³/mol. The molecule has 0 spiro atoms. The number of thiophene rings is 1. The van der Waals surface area contributed by atoms with Crippen molar-refractivity contribution < 1.29 is 19.8 Å². The lowest BCUT2D eigenvalue weighted by Crippen LogP contribution is -2.55. The maximum atomic E-state index is 12.7. The van der Waals surface area contributed by atoms with Crippen LogP contribution in [0.5, 0.6) is 0 Å². The SMILES string of the molecule is O=C(NCCc1cc(/C=C\c2ccccc2)cs1)[C@H](O)[C@@H](O)C(=O)N1CCN(c2ccccc2Cl)CC1. The first-order valence-electron chi connectivity index (χ1n) is 12.1. The van der Waals surface area contributed by atoms with Crippen molar-refractivity contribution in [1.29, 1.82) is 0 Å². The number of rotatable bonds is 9. The summed E-state index contributed by atoms with van der Waals surface area (Å²) in [5.74, 6) is -1.43. The monoisotopic (exact) mass is 539 g/mol. The van der Waals surface area contributed by atoms with Gasteiger partial charge in [0.2, 0.25) is 0 Å². The normalized spacial score (nSPS) is 15.5. The smallest absolute Gasteiger partial charge is 0.254 e. The van der Waals surface area contributed by atoms with Gasteiger partial charge < -0.3 is 25.3 Å². The Hall–Kier alpha value is -3.17. The Labute approximate surface area is 225 Å². The van der Waals surface area contributed by atoms with Gasteiger partial charge in [-0.1, -0.05) is 66.2 Å². The fourth-order valence-corrected chi connectivity index (χ4v) is 5.24. The molecule has 2 aromatic carbocycles. The predicted octanol–water partition coefficient (Wildman–Crippen LogP) is 3.30. The van der Waals surface area contributed by atoms with Crippen LogP contribution in [-0.4, -0.2) is 71.9 Å². The van der Waals surface area contributed by atoms with Crippen LogP contribution in [0, 0.1) is 0 Å². The topological polar surface area (TPSA) is 93.1 Å². The Morgan fingerprint density at radius 3 is 2.35 bits per heavy atom. The first-order valence-corrected chi connectivity index (χ1v) is 13.4. The Bertz CT molecular complexity index is 1220. The molecule has 2 heterocycles. The van der Waals surface area contributed by atoms with Crippen LogP contribution in [0.25, 0.3) is 12.2 Å². The van der Waals surface area contributed by atoms with E-state index < -0.39 is 24.0 Å². The molecule has 3 N–H and O–H groups in total. The van der Waals surface area contributed by atoms with Gasteiger partial charge in [0.25, 0.3) is 11.8 Å². The number of aliphatic hydroxyl groups is 2. The first kappa shape index (κ1) is 26.9. The zero-order valence-corrected chi connectivity index (χ0v) is 21.9. The maximum Gasteiger partial charge on any atom is 0.254 e. The summed E-state index contributed by atoms with van der Waals surface area (Å²) in [7, 11) is 0. The van der Waals surface area contributed by atoms with Crippen molar-refractivity contribution in [2.75, 3.05) is 37.6 Å². The molecule has 3 aromatic rings. The zero-order valence-electron chi connectivity index (χ0n) is 20.3. The highest BCUT2D eigenvalue weighted by molar-refractivity contribution is 7.10. The number of para-hydroxylation sites is 1. The number of hydrogen-bond acceptors (Lipinski definition) is 6. The number of benzene rings is 2. The van der Waals surface area contributed by atoms with E-state index in [9.17, 15) is 19.8 Å². The number of carbonyl (C=O) groups excluding carboxylic acids is 2. The highest BCUT2D eigenvalue weighted by Crippen LogP contribution is 2.26. The second kappa shape index (κ2) is 12.9. The molecule has 194 valence electrons. The number of aliphatic hydroxyl groups excluding tert-OH is 2. The second-order valence-electron chi connectivity index (χ2n) is 8.78. The zero-order chi connectivity index (χ0) is 26.2. The Balaban J connectivity index is 1.20. The molecule has 37 heavy (non-hydrogen) atoms. The number of anilines is 1. The fourth-order valence-electron chi connectivity index (χ4n) is 4.13. The highest BCUT2D eigenvalue weighted by Gasteiger charge is 2.34. The Kier molecular flexibility index (Phi) is 9.35. The van der Waals surface area contributed by atoms with Crippen LogP contribution in [0.2, 0.25) is 5.02 Å². The van der Waals surface area contributed by atoms with Crippen molar-refractivity contribution in [3.8, 4) is 0 Å². The Morgan fingerprint density at radius 2 is 1.62 bits per heavy atom. The van der Waals surface area contributed by atoms with Crippen molar-refractivity contribution in [2.45, 2.75) is 18.6 Å². The van der Waals surface area contributed by atoms with Gasteiger partial charge in [0.15, 0.2) is 12.2 Å². The van der Waals surface area contributed by atoms with Gasteiger partial charge in [-0.2, -0.15) is 0 Å². The molecule has 1 aliphatic heterocycles. The molecular formula is C28H30ClN3O4S. The molecule has 1 saturated heterocycles. The van der Waals surface area contributed by atoms with E-state index in [0.29, 0.717) is 37.6 Å². The van der Waals surface area contributed by atoms with E-state index in [2.05, 4.69) is 10.2 Å². The van der Waals surface area contributed by atoms with E-state index >= 15 is 0 Å². The van der Waals surface area contributed by atoms with Crippen LogP contribution >= 0.6 is 22.9 Å². The van der Waals surface area contributed by atoms with Crippen LogP contribution < -0.4 is 10.2 Å². The van der Waals surface area contributed by atoms with Crippen LogP contribution in [0.4, 0.5) is 5.69 Å². The van der Waals surface area contributed by atoms with Gasteiger partial charge >= 0.3 is 0 Å². The lowest BCUT2D eigenvalue weighted by Gasteiger charge is -2.37. The maximum absolute atomic E-state index is 12.7. The number of hydrogen-bond donors (Lipinski definition) is 3. The molecular weight excluding hydrogens is 510 g/mol. The van der Waals surface area contributed by atoms with Gasteiger partial charge in [-0.15, -0.1) is 11.3 Å². The van der Waals surface area contributed by atoms with Gasteiger partial charge in [-0.3, -0.25) is 9.59 Å². The lowest BCUT2D eigenvalue weighted by atomic mass is 10.1. The average molecular weight is 540 g/mol. The molecule has 1 aromatic heterocycles. The summed E-state index contributed by atoms with van der Waals surface area (Å²) in [6.07, 6.45) is 1.01. The molecule has 9 heteroatoms. The van der Waals surface area contributed by atoms with Crippen molar-refractivity contribution in [1.82, 2.24) is 10.2 Å². The van der Waals surface area contributed by atoms with E-state index in [1.807, 2.05) is 78.2 Å². The summed E-state index contributed by atoms with van der Waals surface area (Å²) in [6.45, 7) is 2.07. The second-order valence-corrected chi connectivity index (χ2v) is 10.2. The molecule has 0 radical (unpaired) electrons. The summed E-state index contributed by atoms with van der Waals surface area (Å²) in [5, 5.41) is 26.0. The number of carbonyl (C=O) groups is 2. The van der Waals surface area contributed by atoms with Crippen molar-refractivity contribution >= 4 is 52.6 Å². The summed E-state index contributed by atoms with van der Waals surface area (Å²) in [4.78, 5) is 29.7. The van der Waals surface area contributed by atoms with Crippen LogP contribution in [0.1, 0.15) is 16.0 Å². The summed E-state index contributed by atoms with van der Waals surface area (Å²) in [6, 6.07) is 19.6. The van der Waals surface area contributed by atoms with E-state index in [0.717, 1.165) is 21.7 Å². The van der Waals surface area contributed by atoms with Gasteiger partial charge in [0, 0.05) is 37.6 Å². The summed E-state index contributed by atoms with van der Waals surface area (Å²) >= 11 is 7.85. The van der Waals surface area contributed by atoms with E-state index in [4.69, 9.17) is 11.6 Å². The number of nitrogens with zero attached hydrogens (tertiary/aromatic N) is 2. The van der Waals surface area contributed by atoms with Gasteiger partial charge in [0.1, 0.15) is 0 Å². The third-order valence-electron chi connectivity index (χ3n) is 6.22. The third kappa shape index (κ3) is 7.20. The largest absolute Gasteiger partial charge is 0.380 e. The number of halogens is 1. The molecule has 1 aliphatic rings. The summed E-state index contributed by atoms with van der Waals surface area (Å²) < 4.78 is 0. The van der Waals surface area contributed by atoms with Crippen molar-refractivity contribution in [3.63, 3.8) is 0 Å². The lowest BCUT2D eigenvalue weighted by molar-refractivity contribution is -0.153. The molecule has 2 atom stereocenters. The van der Waals surface area contributed by atoms with E-state index in [1.54, 1.807) is 11.3 Å². The van der Waals surface area contributed by atoms with Crippen molar-refractivity contribution in [3.05, 3.63) is 87.1 Å². The average Bonchev–Trinajstić information content (AvgIpc) is 3.39. The van der Waals surface area contributed by atoms with Crippen LogP contribution in [0.3, 0.4) is 0 Å². The van der Waals surface area contributed by atoms with Crippen LogP contribution in [0.15, 0.2) is 66.0 Å². The summed E-state index contributed by atoms with van der Waals surface area (Å²) in [5.41, 5.74) is 3.08. The van der Waals surface area contributed by atoms with Gasteiger partial charge in [-0.05, 0) is 41.1 Å². The van der Waals surface area contributed by atoms with Gasteiger partial charge in [0.05, 0.1) is 10.7 Å². The van der Waals surface area contributed by atoms with Gasteiger partial charge in [-0.25, -0.2) is 0 Å². The standard InChI is InChI=1S/C28H30ClN3O4S/c29-23-8-4-5-9-24(23)31-14-16-32(17-15-31)28(36)26(34)25(33)27(35)30-13-12-22-18-21(19-37-22)11-10-20-6-2-1-3-7-20/h1-11,18-19,25-26,33-34H,12-17H2,(H,30,35)/b11-10-/t25-,26-/m1/s1. The minimum Gasteiger partial charge on any atom is -0.380 e. The molecule has 2 amide bonds. The Morgan fingerprint density at radius 1 is 0.946 bits per heavy atom. The number of amides is 2. The molecule has 0 saturated carbocycles. The van der Waals surface area contributed by atoms with E-state index in [1.165, 1.54) is 4.90 Å². The third-order valence-corrected chi connectivity index (χ3v) is 7.55. The fraction of sp³-hybridized carbons (Fsp3) is 0.286. The number of nitrogens with one attached hydrogen (secondary N) is 1. The van der Waals surface area contributed by atoms with Crippen LogP contribution in [-0.2, 0) is 16.0 Å². The highest BCUT2D eigenvalue weighted by atomic mass is 35.5. The van der Waals surface area contributed by atoms with E-state index in [-0.39, 0.29) is 6.54 Å². The molecule has 1 fully saturated rings. The minimum atomic E-state index is -1.83. The molecule has 0 bridgehead atoms. The molecule has 7 nitrogen and oxygen atoms in total. The molecule has 0 aliphatic carbocycles. The number of piperazine rings is 1. The molecule has 4 rings (SSSR count). The van der Waals surface area contributed by atoms with Crippen molar-refractivity contribution in [2.24, 2.45) is 0 Å². The quantitative estimate of drug-likeness (QED) is 0.388. The molecule has 0 unspecified atom stereocenters. The minimum absolute atomic E-state index is 0.287. The first-order chi connectivity index (χ1) is 17.9.